The van der Waals surface area contributed by atoms with E-state index in [2.05, 4.69) is 31.9 Å². The van der Waals surface area contributed by atoms with Gasteiger partial charge < -0.3 is 0 Å². The standard InChI is InChI=1S/C12H6Br2F2I/c13-9-5-7(1-3-11(9)15)17-8-2-4-12(16)10(14)6-8/h1-6H/q+1. The Morgan fingerprint density at radius 1 is 0.765 bits per heavy atom. The normalized spacial score (nSPS) is 10.6. The van der Waals surface area contributed by atoms with Crippen molar-refractivity contribution < 1.29 is 30.0 Å². The van der Waals surface area contributed by atoms with Crippen LogP contribution >= 0.6 is 31.9 Å². The molecule has 0 nitrogen and oxygen atoms in total. The van der Waals surface area contributed by atoms with Crippen LogP contribution in [0.15, 0.2) is 45.3 Å². The summed E-state index contributed by atoms with van der Waals surface area (Å²) < 4.78 is 29.2. The first-order valence-corrected chi connectivity index (χ1v) is 8.35. The molecule has 0 atom stereocenters. The predicted molar refractivity (Wildman–Crippen MR) is 65.6 cm³/mol. The molecule has 0 saturated heterocycles. The van der Waals surface area contributed by atoms with E-state index < -0.39 is 21.2 Å². The maximum Gasteiger partial charge on any atom is 0.357 e. The van der Waals surface area contributed by atoms with Crippen LogP contribution in [0.5, 0.6) is 0 Å². The van der Waals surface area contributed by atoms with E-state index >= 15 is 0 Å². The fourth-order valence-electron chi connectivity index (χ4n) is 1.18. The molecular formula is C12H6Br2F2I+. The lowest BCUT2D eigenvalue weighted by Gasteiger charge is -1.93. The van der Waals surface area contributed by atoms with Crippen molar-refractivity contribution >= 4 is 31.9 Å². The number of rotatable bonds is 2. The number of hydrogen-bond donors (Lipinski definition) is 0. The maximum atomic E-state index is 13.1. The molecule has 2 rings (SSSR count). The molecule has 2 aromatic rings. The zero-order chi connectivity index (χ0) is 12.4. The predicted octanol–water partition coefficient (Wildman–Crippen LogP) is 1.62. The first-order valence-electron chi connectivity index (χ1n) is 4.61. The van der Waals surface area contributed by atoms with Crippen molar-refractivity contribution in [3.63, 3.8) is 0 Å². The van der Waals surface area contributed by atoms with E-state index in [1.165, 1.54) is 12.1 Å². The fourth-order valence-corrected chi connectivity index (χ4v) is 5.17. The van der Waals surface area contributed by atoms with Gasteiger partial charge in [-0.25, -0.2) is 8.78 Å². The summed E-state index contributed by atoms with van der Waals surface area (Å²) in [6, 6.07) is 9.98. The molecule has 0 aliphatic carbocycles. The SMILES string of the molecule is Fc1ccc([I+]c2ccc(F)c(Br)c2)cc1Br. The highest BCUT2D eigenvalue weighted by molar-refractivity contribution is 9.10. The lowest BCUT2D eigenvalue weighted by molar-refractivity contribution is -0.597. The Kier molecular flexibility index (Phi) is 4.54. The number of hydrogen-bond acceptors (Lipinski definition) is 0. The van der Waals surface area contributed by atoms with Crippen LogP contribution in [0.3, 0.4) is 0 Å². The minimum absolute atomic E-state index is 0.266. The molecule has 0 aliphatic rings. The summed E-state index contributed by atoms with van der Waals surface area (Å²) >= 11 is 5.89. The monoisotopic (exact) mass is 473 g/mol. The van der Waals surface area contributed by atoms with E-state index in [9.17, 15) is 8.78 Å². The molecule has 0 radical (unpaired) electrons. The summed E-state index contributed by atoms with van der Waals surface area (Å²) in [4.78, 5) is 0. The molecule has 0 aromatic heterocycles. The number of benzene rings is 2. The van der Waals surface area contributed by atoms with Crippen LogP contribution in [0.2, 0.25) is 0 Å². The second-order valence-corrected chi connectivity index (χ2v) is 7.95. The molecule has 2 aromatic carbocycles. The second-order valence-electron chi connectivity index (χ2n) is 3.21. The van der Waals surface area contributed by atoms with Gasteiger partial charge in [-0.05, 0) is 56.1 Å². The third kappa shape index (κ3) is 3.48. The minimum atomic E-state index is -0.424. The van der Waals surface area contributed by atoms with Gasteiger partial charge in [0.05, 0.1) is 8.95 Å². The highest BCUT2D eigenvalue weighted by atomic mass is 127. The molecule has 0 bridgehead atoms. The smallest absolute Gasteiger partial charge is 0.206 e. The highest BCUT2D eigenvalue weighted by Gasteiger charge is 2.18. The van der Waals surface area contributed by atoms with E-state index in [0.717, 1.165) is 7.14 Å². The molecule has 0 unspecified atom stereocenters. The Morgan fingerprint density at radius 2 is 1.18 bits per heavy atom. The van der Waals surface area contributed by atoms with Gasteiger partial charge in [0.15, 0.2) is 7.14 Å². The van der Waals surface area contributed by atoms with Crippen molar-refractivity contribution in [3.8, 4) is 0 Å². The lowest BCUT2D eigenvalue weighted by Crippen LogP contribution is -3.61. The van der Waals surface area contributed by atoms with Crippen molar-refractivity contribution in [1.29, 1.82) is 0 Å². The molecule has 88 valence electrons. The van der Waals surface area contributed by atoms with Crippen molar-refractivity contribution in [2.45, 2.75) is 0 Å². The molecule has 17 heavy (non-hydrogen) atoms. The Balaban J connectivity index is 2.25. The molecular weight excluding hydrogens is 469 g/mol. The summed E-state index contributed by atoms with van der Waals surface area (Å²) in [6.45, 7) is 0. The largest absolute Gasteiger partial charge is 0.357 e. The van der Waals surface area contributed by atoms with Gasteiger partial charge >= 0.3 is 21.2 Å². The Morgan fingerprint density at radius 3 is 1.53 bits per heavy atom. The van der Waals surface area contributed by atoms with Crippen LogP contribution in [0, 0.1) is 18.8 Å². The average molecular weight is 475 g/mol. The molecule has 0 spiro atoms. The molecule has 0 aliphatic heterocycles. The van der Waals surface area contributed by atoms with Crippen LogP contribution in [-0.4, -0.2) is 0 Å². The van der Waals surface area contributed by atoms with Gasteiger partial charge in [0, 0.05) is 12.1 Å². The Labute approximate surface area is 125 Å². The van der Waals surface area contributed by atoms with Gasteiger partial charge in [-0.2, -0.15) is 0 Å². The zero-order valence-electron chi connectivity index (χ0n) is 8.35. The van der Waals surface area contributed by atoms with Crippen LogP contribution in [0.25, 0.3) is 0 Å². The zero-order valence-corrected chi connectivity index (χ0v) is 13.7. The van der Waals surface area contributed by atoms with E-state index in [-0.39, 0.29) is 11.6 Å². The first-order chi connectivity index (χ1) is 8.06. The molecule has 0 fully saturated rings. The van der Waals surface area contributed by atoms with Crippen LogP contribution < -0.4 is 21.2 Å². The molecule has 0 amide bonds. The average Bonchev–Trinajstić information content (AvgIpc) is 2.29. The Hall–Kier alpha value is -0.0100. The van der Waals surface area contributed by atoms with Crippen LogP contribution in [-0.2, 0) is 0 Å². The van der Waals surface area contributed by atoms with E-state index in [0.29, 0.717) is 8.95 Å². The second kappa shape index (κ2) is 5.75. The summed E-state index contributed by atoms with van der Waals surface area (Å²) in [7, 11) is 0. The summed E-state index contributed by atoms with van der Waals surface area (Å²) in [5.41, 5.74) is 0. The van der Waals surface area contributed by atoms with Crippen molar-refractivity contribution in [3.05, 3.63) is 64.1 Å². The minimum Gasteiger partial charge on any atom is -0.206 e. The van der Waals surface area contributed by atoms with Crippen molar-refractivity contribution in [2.75, 3.05) is 0 Å². The van der Waals surface area contributed by atoms with Gasteiger partial charge in [-0.3, -0.25) is 0 Å². The number of halogens is 5. The van der Waals surface area contributed by atoms with E-state index in [4.69, 9.17) is 0 Å². The summed E-state index contributed by atoms with van der Waals surface area (Å²) in [5, 5.41) is 0. The van der Waals surface area contributed by atoms with Gasteiger partial charge in [-0.1, -0.05) is 0 Å². The molecule has 0 N–H and O–H groups in total. The third-order valence-electron chi connectivity index (χ3n) is 1.98. The molecule has 0 heterocycles. The summed E-state index contributed by atoms with van der Waals surface area (Å²) in [6.07, 6.45) is 0. The highest BCUT2D eigenvalue weighted by Crippen LogP contribution is 2.14. The Bertz CT molecular complexity index is 509. The van der Waals surface area contributed by atoms with Crippen LogP contribution in [0.4, 0.5) is 8.78 Å². The molecule has 0 saturated carbocycles. The van der Waals surface area contributed by atoms with Gasteiger partial charge in [-0.15, -0.1) is 0 Å². The lowest BCUT2D eigenvalue weighted by atomic mass is 10.4. The maximum absolute atomic E-state index is 13.1. The van der Waals surface area contributed by atoms with Crippen LogP contribution in [0.1, 0.15) is 0 Å². The quantitative estimate of drug-likeness (QED) is 0.458. The van der Waals surface area contributed by atoms with E-state index in [1.54, 1.807) is 24.3 Å². The van der Waals surface area contributed by atoms with Crippen molar-refractivity contribution in [1.82, 2.24) is 0 Å². The topological polar surface area (TPSA) is 0 Å². The van der Waals surface area contributed by atoms with Crippen molar-refractivity contribution in [2.24, 2.45) is 0 Å². The molecule has 5 heteroatoms. The van der Waals surface area contributed by atoms with Gasteiger partial charge in [0.2, 0.25) is 0 Å². The van der Waals surface area contributed by atoms with E-state index in [1.807, 2.05) is 0 Å². The first kappa shape index (κ1) is 13.4. The third-order valence-corrected chi connectivity index (χ3v) is 5.78. The van der Waals surface area contributed by atoms with Gasteiger partial charge in [0.25, 0.3) is 0 Å². The summed E-state index contributed by atoms with van der Waals surface area (Å²) in [5.74, 6) is -0.531. The van der Waals surface area contributed by atoms with Gasteiger partial charge in [0.1, 0.15) is 11.6 Å². The fraction of sp³-hybridized carbons (Fsp3) is 0.